The molecule has 0 aliphatic carbocycles. The quantitative estimate of drug-likeness (QED) is 0.826. The third-order valence-corrected chi connectivity index (χ3v) is 3.83. The summed E-state index contributed by atoms with van der Waals surface area (Å²) in [6, 6.07) is 18.5. The zero-order chi connectivity index (χ0) is 16.8. The maximum Gasteiger partial charge on any atom is 0.338 e. The Morgan fingerprint density at radius 1 is 1.08 bits per heavy atom. The van der Waals surface area contributed by atoms with Crippen LogP contribution in [-0.4, -0.2) is 36.2 Å². The molecule has 3 rings (SSSR count). The molecule has 126 valence electrons. The van der Waals surface area contributed by atoms with Crippen LogP contribution in [0, 0.1) is 0 Å². The summed E-state index contributed by atoms with van der Waals surface area (Å²) in [5.74, 6) is -0.464. The summed E-state index contributed by atoms with van der Waals surface area (Å²) in [4.78, 5) is 12.0. The minimum Gasteiger partial charge on any atom is -0.453 e. The Bertz CT molecular complexity index is 643. The third kappa shape index (κ3) is 4.41. The highest BCUT2D eigenvalue weighted by Gasteiger charge is 2.37. The molecule has 1 heterocycles. The van der Waals surface area contributed by atoms with E-state index in [-0.39, 0.29) is 6.10 Å². The molecule has 24 heavy (non-hydrogen) atoms. The number of esters is 1. The number of carbonyl (C=O) groups excluding carboxylic acids is 1. The second kappa shape index (κ2) is 8.06. The van der Waals surface area contributed by atoms with Crippen LogP contribution in [0.3, 0.4) is 0 Å². The van der Waals surface area contributed by atoms with Gasteiger partial charge in [-0.1, -0.05) is 48.5 Å². The van der Waals surface area contributed by atoms with Gasteiger partial charge < -0.3 is 19.3 Å². The average molecular weight is 328 g/mol. The van der Waals surface area contributed by atoms with Gasteiger partial charge in [0.15, 0.2) is 12.4 Å². The second-order valence-corrected chi connectivity index (χ2v) is 5.69. The predicted octanol–water partition coefficient (Wildman–Crippen LogP) is 2.54. The monoisotopic (exact) mass is 328 g/mol. The first-order chi connectivity index (χ1) is 11.7. The van der Waals surface area contributed by atoms with Crippen molar-refractivity contribution in [3.63, 3.8) is 0 Å². The van der Waals surface area contributed by atoms with Crippen molar-refractivity contribution in [2.45, 2.75) is 31.5 Å². The molecule has 1 saturated heterocycles. The summed E-state index contributed by atoms with van der Waals surface area (Å²) in [6.07, 6.45) is -1.68. The van der Waals surface area contributed by atoms with Gasteiger partial charge in [-0.15, -0.1) is 0 Å². The highest BCUT2D eigenvalue weighted by Crippen LogP contribution is 2.23. The Morgan fingerprint density at radius 3 is 2.46 bits per heavy atom. The molecule has 1 N–H and O–H groups in total. The fraction of sp³-hybridized carbons (Fsp3) is 0.316. The molecular weight excluding hydrogens is 308 g/mol. The number of ether oxygens (including phenoxy) is 3. The smallest absolute Gasteiger partial charge is 0.338 e. The number of aliphatic hydroxyl groups excluding tert-OH is 1. The minimum absolute atomic E-state index is 0.294. The molecule has 3 atom stereocenters. The number of hydrogen-bond acceptors (Lipinski definition) is 5. The fourth-order valence-electron chi connectivity index (χ4n) is 2.59. The van der Waals surface area contributed by atoms with E-state index in [0.717, 1.165) is 5.56 Å². The van der Waals surface area contributed by atoms with E-state index in [1.54, 1.807) is 24.3 Å². The highest BCUT2D eigenvalue weighted by atomic mass is 16.7. The molecule has 5 heteroatoms. The van der Waals surface area contributed by atoms with E-state index in [1.807, 2.05) is 36.4 Å². The van der Waals surface area contributed by atoms with Crippen molar-refractivity contribution < 1.29 is 24.1 Å². The topological polar surface area (TPSA) is 65.0 Å². The Labute approximate surface area is 140 Å². The molecule has 2 aromatic carbocycles. The number of rotatable bonds is 6. The summed E-state index contributed by atoms with van der Waals surface area (Å²) >= 11 is 0. The van der Waals surface area contributed by atoms with Gasteiger partial charge in [0.25, 0.3) is 0 Å². The van der Waals surface area contributed by atoms with Crippen molar-refractivity contribution in [2.24, 2.45) is 0 Å². The summed E-state index contributed by atoms with van der Waals surface area (Å²) in [6.45, 7) is 0.816. The maximum atomic E-state index is 12.0. The molecule has 0 aromatic heterocycles. The van der Waals surface area contributed by atoms with Gasteiger partial charge in [0, 0.05) is 6.42 Å². The predicted molar refractivity (Wildman–Crippen MR) is 87.2 cm³/mol. The van der Waals surface area contributed by atoms with Crippen molar-refractivity contribution in [1.82, 2.24) is 0 Å². The normalized spacial score (nSPS) is 23.1. The third-order valence-electron chi connectivity index (χ3n) is 3.83. The Balaban J connectivity index is 1.45. The molecule has 0 bridgehead atoms. The molecular formula is C19H20O5. The van der Waals surface area contributed by atoms with E-state index in [9.17, 15) is 9.90 Å². The highest BCUT2D eigenvalue weighted by molar-refractivity contribution is 5.89. The maximum absolute atomic E-state index is 12.0. The lowest BCUT2D eigenvalue weighted by atomic mass is 10.2. The van der Waals surface area contributed by atoms with E-state index in [1.165, 1.54) is 0 Å². The first-order valence-corrected chi connectivity index (χ1v) is 7.93. The Kier molecular flexibility index (Phi) is 5.59. The zero-order valence-electron chi connectivity index (χ0n) is 13.2. The number of hydrogen-bond donors (Lipinski definition) is 1. The van der Waals surface area contributed by atoms with Gasteiger partial charge in [-0.2, -0.15) is 0 Å². The SMILES string of the molecule is O=C(O[C@H]1C[C@@H](COCc2ccccc2)O[C@@H]1O)c1ccccc1. The number of aliphatic hydroxyl groups is 1. The first kappa shape index (κ1) is 16.6. The number of carbonyl (C=O) groups is 1. The number of benzene rings is 2. The van der Waals surface area contributed by atoms with Gasteiger partial charge in [0.2, 0.25) is 0 Å². The molecule has 0 spiro atoms. The molecule has 0 radical (unpaired) electrons. The molecule has 1 fully saturated rings. The van der Waals surface area contributed by atoms with Crippen molar-refractivity contribution in [2.75, 3.05) is 6.61 Å². The van der Waals surface area contributed by atoms with Gasteiger partial charge >= 0.3 is 5.97 Å². The van der Waals surface area contributed by atoms with Crippen LogP contribution in [0.15, 0.2) is 60.7 Å². The van der Waals surface area contributed by atoms with Crippen LogP contribution < -0.4 is 0 Å². The van der Waals surface area contributed by atoms with Crippen LogP contribution in [0.1, 0.15) is 22.3 Å². The Hall–Kier alpha value is -2.21. The molecule has 0 unspecified atom stereocenters. The van der Waals surface area contributed by atoms with Crippen molar-refractivity contribution in [1.29, 1.82) is 0 Å². The van der Waals surface area contributed by atoms with E-state index >= 15 is 0 Å². The van der Waals surface area contributed by atoms with Crippen LogP contribution in [0.5, 0.6) is 0 Å². The standard InChI is InChI=1S/C19H20O5/c20-18(15-9-5-2-6-10-15)24-17-11-16(23-19(17)21)13-22-12-14-7-3-1-4-8-14/h1-10,16-17,19,21H,11-13H2/t16-,17-,19-/m0/s1. The lowest BCUT2D eigenvalue weighted by Crippen LogP contribution is -2.26. The molecule has 1 aliphatic rings. The summed E-state index contributed by atoms with van der Waals surface area (Å²) in [5.41, 5.74) is 1.52. The van der Waals surface area contributed by atoms with Gasteiger partial charge in [0.05, 0.1) is 24.9 Å². The van der Waals surface area contributed by atoms with Gasteiger partial charge in [0.1, 0.15) is 0 Å². The molecule has 1 aliphatic heterocycles. The van der Waals surface area contributed by atoms with Crippen molar-refractivity contribution in [3.05, 3.63) is 71.8 Å². The fourth-order valence-corrected chi connectivity index (χ4v) is 2.59. The van der Waals surface area contributed by atoms with E-state index < -0.39 is 18.4 Å². The second-order valence-electron chi connectivity index (χ2n) is 5.69. The minimum atomic E-state index is -1.12. The van der Waals surface area contributed by atoms with Crippen LogP contribution >= 0.6 is 0 Å². The lowest BCUT2D eigenvalue weighted by molar-refractivity contribution is -0.139. The van der Waals surface area contributed by atoms with Crippen molar-refractivity contribution in [3.8, 4) is 0 Å². The first-order valence-electron chi connectivity index (χ1n) is 7.93. The van der Waals surface area contributed by atoms with E-state index in [2.05, 4.69) is 0 Å². The van der Waals surface area contributed by atoms with E-state index in [0.29, 0.717) is 25.2 Å². The molecule has 0 saturated carbocycles. The van der Waals surface area contributed by atoms with Gasteiger partial charge in [-0.25, -0.2) is 4.79 Å². The molecule has 0 amide bonds. The summed E-state index contributed by atoms with van der Waals surface area (Å²) in [5, 5.41) is 9.92. The van der Waals surface area contributed by atoms with Gasteiger partial charge in [-0.05, 0) is 17.7 Å². The summed E-state index contributed by atoms with van der Waals surface area (Å²) in [7, 11) is 0. The largest absolute Gasteiger partial charge is 0.453 e. The zero-order valence-corrected chi connectivity index (χ0v) is 13.2. The average Bonchev–Trinajstić information content (AvgIpc) is 2.96. The van der Waals surface area contributed by atoms with Crippen LogP contribution in [0.4, 0.5) is 0 Å². The van der Waals surface area contributed by atoms with Crippen LogP contribution in [-0.2, 0) is 20.8 Å². The van der Waals surface area contributed by atoms with Gasteiger partial charge in [-0.3, -0.25) is 0 Å². The van der Waals surface area contributed by atoms with E-state index in [4.69, 9.17) is 14.2 Å². The van der Waals surface area contributed by atoms with Crippen molar-refractivity contribution >= 4 is 5.97 Å². The summed E-state index contributed by atoms with van der Waals surface area (Å²) < 4.78 is 16.4. The molecule has 2 aromatic rings. The molecule has 5 nitrogen and oxygen atoms in total. The Morgan fingerprint density at radius 2 is 1.75 bits per heavy atom. The van der Waals surface area contributed by atoms with Crippen LogP contribution in [0.25, 0.3) is 0 Å². The lowest BCUT2D eigenvalue weighted by Gasteiger charge is -2.13. The van der Waals surface area contributed by atoms with Crippen LogP contribution in [0.2, 0.25) is 0 Å².